The summed E-state index contributed by atoms with van der Waals surface area (Å²) in [5.74, 6) is 0.410. The van der Waals surface area contributed by atoms with Crippen molar-refractivity contribution in [3.8, 4) is 5.75 Å². The van der Waals surface area contributed by atoms with E-state index in [4.69, 9.17) is 21.1 Å². The second-order valence-electron chi connectivity index (χ2n) is 7.59. The van der Waals surface area contributed by atoms with Crippen molar-refractivity contribution in [3.05, 3.63) is 53.1 Å². The van der Waals surface area contributed by atoms with E-state index in [2.05, 4.69) is 4.72 Å². The van der Waals surface area contributed by atoms with Crippen LogP contribution in [-0.4, -0.2) is 51.6 Å². The molecule has 0 aromatic heterocycles. The van der Waals surface area contributed by atoms with E-state index in [1.165, 1.54) is 12.1 Å². The van der Waals surface area contributed by atoms with Crippen molar-refractivity contribution in [3.63, 3.8) is 0 Å². The van der Waals surface area contributed by atoms with Gasteiger partial charge < -0.3 is 14.4 Å². The Labute approximate surface area is 194 Å². The molecule has 1 aliphatic rings. The van der Waals surface area contributed by atoms with Crippen LogP contribution in [0.15, 0.2) is 47.4 Å². The number of hydrogen-bond acceptors (Lipinski definition) is 5. The van der Waals surface area contributed by atoms with Gasteiger partial charge in [0.2, 0.25) is 0 Å². The summed E-state index contributed by atoms with van der Waals surface area (Å²) in [4.78, 5) is 14.6. The molecule has 1 unspecified atom stereocenters. The van der Waals surface area contributed by atoms with Gasteiger partial charge in [-0.1, -0.05) is 18.5 Å². The Balaban J connectivity index is 1.77. The number of halogens is 1. The van der Waals surface area contributed by atoms with Crippen LogP contribution < -0.4 is 9.46 Å². The lowest BCUT2D eigenvalue weighted by Crippen LogP contribution is -2.43. The third kappa shape index (κ3) is 6.15. The van der Waals surface area contributed by atoms with Crippen molar-refractivity contribution >= 4 is 33.2 Å². The standard InChI is InChI=1S/C23H29ClN2O5S/c1-3-14-31-20-6-5-13-26(16-20)23(27)17-7-12-21(24)22(15-17)32(28,29)25-18-8-10-19(11-9-18)30-4-2/h7-12,15,20,25H,3-6,13-14,16H2,1-2H3. The van der Waals surface area contributed by atoms with E-state index in [0.29, 0.717) is 37.7 Å². The number of carbonyl (C=O) groups excluding carboxylic acids is 1. The Morgan fingerprint density at radius 1 is 1.19 bits per heavy atom. The van der Waals surface area contributed by atoms with Gasteiger partial charge in [-0.3, -0.25) is 9.52 Å². The second-order valence-corrected chi connectivity index (χ2v) is 9.65. The normalized spacial score (nSPS) is 16.6. The molecule has 0 spiro atoms. The summed E-state index contributed by atoms with van der Waals surface area (Å²) >= 11 is 6.20. The molecule has 1 amide bonds. The van der Waals surface area contributed by atoms with E-state index >= 15 is 0 Å². The zero-order valence-corrected chi connectivity index (χ0v) is 19.9. The molecule has 0 aliphatic carbocycles. The number of nitrogens with zero attached hydrogens (tertiary/aromatic N) is 1. The van der Waals surface area contributed by atoms with Crippen LogP contribution in [-0.2, 0) is 14.8 Å². The first-order chi connectivity index (χ1) is 15.3. The highest BCUT2D eigenvalue weighted by atomic mass is 35.5. The van der Waals surface area contributed by atoms with Gasteiger partial charge in [-0.05, 0) is 68.7 Å². The maximum Gasteiger partial charge on any atom is 0.263 e. The topological polar surface area (TPSA) is 84.9 Å². The number of rotatable bonds is 9. The predicted molar refractivity (Wildman–Crippen MR) is 125 cm³/mol. The predicted octanol–water partition coefficient (Wildman–Crippen LogP) is 4.57. The Morgan fingerprint density at radius 3 is 2.62 bits per heavy atom. The molecular formula is C23H29ClN2O5S. The first-order valence-corrected chi connectivity index (χ1v) is 12.7. The summed E-state index contributed by atoms with van der Waals surface area (Å²) in [6.07, 6.45) is 2.68. The van der Waals surface area contributed by atoms with Crippen LogP contribution in [0.25, 0.3) is 0 Å². The number of amides is 1. The average molecular weight is 481 g/mol. The highest BCUT2D eigenvalue weighted by molar-refractivity contribution is 7.92. The maximum atomic E-state index is 13.1. The van der Waals surface area contributed by atoms with Gasteiger partial charge in [-0.25, -0.2) is 8.42 Å². The molecule has 32 heavy (non-hydrogen) atoms. The van der Waals surface area contributed by atoms with Gasteiger partial charge >= 0.3 is 0 Å². The van der Waals surface area contributed by atoms with Crippen LogP contribution >= 0.6 is 11.6 Å². The van der Waals surface area contributed by atoms with Gasteiger partial charge in [0.15, 0.2) is 0 Å². The fourth-order valence-corrected chi connectivity index (χ4v) is 5.15. The summed E-state index contributed by atoms with van der Waals surface area (Å²) in [6.45, 7) is 6.20. The third-order valence-corrected chi connectivity index (χ3v) is 6.97. The van der Waals surface area contributed by atoms with Crippen molar-refractivity contribution in [2.45, 2.75) is 44.1 Å². The van der Waals surface area contributed by atoms with Crippen molar-refractivity contribution in [1.82, 2.24) is 4.90 Å². The summed E-state index contributed by atoms with van der Waals surface area (Å²) in [6, 6.07) is 10.9. The van der Waals surface area contributed by atoms with Crippen LogP contribution in [0.2, 0.25) is 5.02 Å². The molecule has 0 bridgehead atoms. The fraction of sp³-hybridized carbons (Fsp3) is 0.435. The molecule has 9 heteroatoms. The monoisotopic (exact) mass is 480 g/mol. The minimum atomic E-state index is -4.00. The second kappa shape index (κ2) is 11.0. The Kier molecular flexibility index (Phi) is 8.39. The summed E-state index contributed by atoms with van der Waals surface area (Å²) in [7, 11) is -4.00. The SMILES string of the molecule is CCCOC1CCCN(C(=O)c2ccc(Cl)c(S(=O)(=O)Nc3ccc(OCC)cc3)c2)C1. The van der Waals surface area contributed by atoms with Crippen LogP contribution in [0.3, 0.4) is 0 Å². The lowest BCUT2D eigenvalue weighted by Gasteiger charge is -2.32. The van der Waals surface area contributed by atoms with Crippen molar-refractivity contribution in [2.24, 2.45) is 0 Å². The maximum absolute atomic E-state index is 13.1. The van der Waals surface area contributed by atoms with Crippen LogP contribution in [0.5, 0.6) is 5.75 Å². The van der Waals surface area contributed by atoms with E-state index in [-0.39, 0.29) is 27.5 Å². The molecule has 1 N–H and O–H groups in total. The quantitative estimate of drug-likeness (QED) is 0.568. The van der Waals surface area contributed by atoms with Gasteiger partial charge in [0, 0.05) is 30.9 Å². The number of piperidine rings is 1. The third-order valence-electron chi connectivity index (χ3n) is 5.11. The van der Waals surface area contributed by atoms with E-state index < -0.39 is 10.0 Å². The zero-order chi connectivity index (χ0) is 23.1. The van der Waals surface area contributed by atoms with Crippen LogP contribution in [0, 0.1) is 0 Å². The van der Waals surface area contributed by atoms with Gasteiger partial charge in [-0.15, -0.1) is 0 Å². The van der Waals surface area contributed by atoms with E-state index in [1.807, 2.05) is 13.8 Å². The number of anilines is 1. The van der Waals surface area contributed by atoms with Gasteiger partial charge in [0.05, 0.1) is 17.7 Å². The lowest BCUT2D eigenvalue weighted by molar-refractivity contribution is 0.00210. The Hall–Kier alpha value is -2.29. The number of hydrogen-bond donors (Lipinski definition) is 1. The molecule has 3 rings (SSSR count). The van der Waals surface area contributed by atoms with Crippen molar-refractivity contribution in [1.29, 1.82) is 0 Å². The molecule has 7 nitrogen and oxygen atoms in total. The molecule has 1 fully saturated rings. The van der Waals surface area contributed by atoms with Crippen molar-refractivity contribution in [2.75, 3.05) is 31.0 Å². The first kappa shape index (κ1) is 24.4. The molecule has 2 aromatic rings. The van der Waals surface area contributed by atoms with E-state index in [1.54, 1.807) is 35.2 Å². The smallest absolute Gasteiger partial charge is 0.263 e. The average Bonchev–Trinajstić information content (AvgIpc) is 2.79. The van der Waals surface area contributed by atoms with Gasteiger partial charge in [-0.2, -0.15) is 0 Å². The van der Waals surface area contributed by atoms with Gasteiger partial charge in [0.25, 0.3) is 15.9 Å². The molecule has 2 aromatic carbocycles. The van der Waals surface area contributed by atoms with E-state index in [9.17, 15) is 13.2 Å². The molecule has 1 heterocycles. The molecule has 1 saturated heterocycles. The molecule has 0 radical (unpaired) electrons. The largest absolute Gasteiger partial charge is 0.494 e. The fourth-order valence-electron chi connectivity index (χ4n) is 3.56. The number of sulfonamides is 1. The number of ether oxygens (including phenoxy) is 2. The highest BCUT2D eigenvalue weighted by Crippen LogP contribution is 2.27. The molecular weight excluding hydrogens is 452 g/mol. The van der Waals surface area contributed by atoms with Crippen LogP contribution in [0.1, 0.15) is 43.5 Å². The number of nitrogens with one attached hydrogen (secondary N) is 1. The summed E-state index contributed by atoms with van der Waals surface area (Å²) in [5.41, 5.74) is 0.644. The van der Waals surface area contributed by atoms with E-state index in [0.717, 1.165) is 19.3 Å². The van der Waals surface area contributed by atoms with Gasteiger partial charge in [0.1, 0.15) is 10.6 Å². The summed E-state index contributed by atoms with van der Waals surface area (Å²) < 4.78 is 39.7. The highest BCUT2D eigenvalue weighted by Gasteiger charge is 2.27. The zero-order valence-electron chi connectivity index (χ0n) is 18.3. The Morgan fingerprint density at radius 2 is 1.94 bits per heavy atom. The summed E-state index contributed by atoms with van der Waals surface area (Å²) in [5, 5.41) is 0.0442. The first-order valence-electron chi connectivity index (χ1n) is 10.8. The lowest BCUT2D eigenvalue weighted by atomic mass is 10.1. The number of likely N-dealkylation sites (tertiary alicyclic amines) is 1. The van der Waals surface area contributed by atoms with Crippen molar-refractivity contribution < 1.29 is 22.7 Å². The van der Waals surface area contributed by atoms with Crippen LogP contribution in [0.4, 0.5) is 5.69 Å². The molecule has 1 atom stereocenters. The molecule has 174 valence electrons. The molecule has 1 aliphatic heterocycles. The number of benzene rings is 2. The molecule has 0 saturated carbocycles. The Bertz CT molecular complexity index is 1030. The number of carbonyl (C=O) groups is 1. The minimum absolute atomic E-state index is 0.00415. The minimum Gasteiger partial charge on any atom is -0.494 e.